The first-order valence-electron chi connectivity index (χ1n) is 6.25. The smallest absolute Gasteiger partial charge is 0.281 e. The van der Waals surface area contributed by atoms with Gasteiger partial charge in [-0.3, -0.25) is 14.3 Å². The van der Waals surface area contributed by atoms with Crippen LogP contribution >= 0.6 is 12.4 Å². The number of hydrogen-bond acceptors (Lipinski definition) is 6. The molecule has 9 heteroatoms. The van der Waals surface area contributed by atoms with E-state index in [2.05, 4.69) is 19.9 Å². The number of halogens is 1. The maximum absolute atomic E-state index is 12.2. The van der Waals surface area contributed by atoms with Gasteiger partial charge in [-0.2, -0.15) is 4.98 Å². The fraction of sp³-hybridized carbons (Fsp3) is 0.545. The highest BCUT2D eigenvalue weighted by Crippen LogP contribution is 2.05. The summed E-state index contributed by atoms with van der Waals surface area (Å²) in [4.78, 5) is 25.3. The molecule has 0 radical (unpaired) electrons. The summed E-state index contributed by atoms with van der Waals surface area (Å²) in [6.07, 6.45) is 1.45. The van der Waals surface area contributed by atoms with E-state index in [1.807, 2.05) is 0 Å². The SMILES string of the molecule is Cl.Nc1nc2nc[nH]c2c(=O)n1CCN1CCOCC1. The second-order valence-corrected chi connectivity index (χ2v) is 4.48. The number of imidazole rings is 1. The molecule has 1 saturated heterocycles. The number of aromatic nitrogens is 4. The molecule has 0 aliphatic carbocycles. The van der Waals surface area contributed by atoms with Crippen LogP contribution in [-0.4, -0.2) is 57.3 Å². The Morgan fingerprint density at radius 1 is 1.35 bits per heavy atom. The predicted octanol–water partition coefficient (Wildman–Crippen LogP) is -0.544. The van der Waals surface area contributed by atoms with Crippen LogP contribution in [0.1, 0.15) is 0 Å². The minimum atomic E-state index is -0.173. The Bertz CT molecular complexity index is 633. The van der Waals surface area contributed by atoms with Gasteiger partial charge < -0.3 is 15.5 Å². The Kier molecular flexibility index (Phi) is 4.58. The van der Waals surface area contributed by atoms with E-state index in [0.29, 0.717) is 17.7 Å². The van der Waals surface area contributed by atoms with Crippen molar-refractivity contribution in [3.8, 4) is 0 Å². The minimum Gasteiger partial charge on any atom is -0.379 e. The molecule has 2 aromatic heterocycles. The average Bonchev–Trinajstić information content (AvgIpc) is 2.88. The number of ether oxygens (including phenoxy) is 1. The van der Waals surface area contributed by atoms with E-state index in [1.54, 1.807) is 0 Å². The Hall–Kier alpha value is -1.64. The highest BCUT2D eigenvalue weighted by molar-refractivity contribution is 5.85. The Morgan fingerprint density at radius 2 is 2.10 bits per heavy atom. The van der Waals surface area contributed by atoms with Crippen LogP contribution in [0.2, 0.25) is 0 Å². The van der Waals surface area contributed by atoms with Crippen LogP contribution in [-0.2, 0) is 11.3 Å². The van der Waals surface area contributed by atoms with E-state index in [9.17, 15) is 4.79 Å². The fourth-order valence-electron chi connectivity index (χ4n) is 2.22. The molecule has 0 saturated carbocycles. The normalized spacial score (nSPS) is 16.2. The van der Waals surface area contributed by atoms with Gasteiger partial charge in [0.25, 0.3) is 5.56 Å². The van der Waals surface area contributed by atoms with Gasteiger partial charge in [-0.05, 0) is 0 Å². The van der Waals surface area contributed by atoms with Gasteiger partial charge in [0.15, 0.2) is 11.2 Å². The zero-order chi connectivity index (χ0) is 13.2. The molecule has 0 bridgehead atoms. The van der Waals surface area contributed by atoms with Crippen LogP contribution in [0.15, 0.2) is 11.1 Å². The highest BCUT2D eigenvalue weighted by Gasteiger charge is 2.13. The molecule has 20 heavy (non-hydrogen) atoms. The van der Waals surface area contributed by atoms with Gasteiger partial charge in [0.05, 0.1) is 19.5 Å². The molecular formula is C11H17ClN6O2. The Balaban J connectivity index is 0.00000147. The van der Waals surface area contributed by atoms with Crippen molar-refractivity contribution in [3.05, 3.63) is 16.7 Å². The third-order valence-electron chi connectivity index (χ3n) is 3.32. The number of fused-ring (bicyclic) bond motifs is 1. The molecule has 1 aliphatic rings. The molecule has 3 heterocycles. The molecule has 8 nitrogen and oxygen atoms in total. The zero-order valence-corrected chi connectivity index (χ0v) is 11.7. The van der Waals surface area contributed by atoms with Crippen LogP contribution in [0.4, 0.5) is 5.95 Å². The van der Waals surface area contributed by atoms with Crippen molar-refractivity contribution in [3.63, 3.8) is 0 Å². The van der Waals surface area contributed by atoms with Crippen LogP contribution in [0.5, 0.6) is 0 Å². The predicted molar refractivity (Wildman–Crippen MR) is 77.1 cm³/mol. The quantitative estimate of drug-likeness (QED) is 0.789. The number of morpholine rings is 1. The van der Waals surface area contributed by atoms with Crippen molar-refractivity contribution in [1.29, 1.82) is 0 Å². The van der Waals surface area contributed by atoms with E-state index >= 15 is 0 Å². The number of H-pyrrole nitrogens is 1. The first kappa shape index (κ1) is 14.8. The maximum Gasteiger partial charge on any atom is 0.281 e. The van der Waals surface area contributed by atoms with Crippen molar-refractivity contribution in [1.82, 2.24) is 24.4 Å². The van der Waals surface area contributed by atoms with Crippen molar-refractivity contribution in [2.75, 3.05) is 38.6 Å². The molecule has 3 N–H and O–H groups in total. The van der Waals surface area contributed by atoms with Gasteiger partial charge in [-0.15, -0.1) is 12.4 Å². The first-order chi connectivity index (χ1) is 9.25. The lowest BCUT2D eigenvalue weighted by atomic mass is 10.4. The summed E-state index contributed by atoms with van der Waals surface area (Å²) in [5.41, 5.74) is 6.41. The lowest BCUT2D eigenvalue weighted by Crippen LogP contribution is -2.39. The standard InChI is InChI=1S/C11H16N6O2.ClH/c12-11-15-9-8(13-7-14-9)10(18)17(11)2-1-16-3-5-19-6-4-16;/h7H,1-6H2,(H2,12,15)(H,13,14);1H. The largest absolute Gasteiger partial charge is 0.379 e. The monoisotopic (exact) mass is 300 g/mol. The van der Waals surface area contributed by atoms with Crippen molar-refractivity contribution < 1.29 is 4.74 Å². The maximum atomic E-state index is 12.2. The van der Waals surface area contributed by atoms with Crippen LogP contribution in [0, 0.1) is 0 Å². The van der Waals surface area contributed by atoms with Gasteiger partial charge in [-0.1, -0.05) is 0 Å². The van der Waals surface area contributed by atoms with E-state index < -0.39 is 0 Å². The van der Waals surface area contributed by atoms with Crippen LogP contribution in [0.25, 0.3) is 11.2 Å². The minimum absolute atomic E-state index is 0. The number of nitrogens with one attached hydrogen (secondary N) is 1. The molecule has 2 aromatic rings. The highest BCUT2D eigenvalue weighted by atomic mass is 35.5. The number of nitrogen functional groups attached to an aromatic ring is 1. The summed E-state index contributed by atoms with van der Waals surface area (Å²) in [7, 11) is 0. The van der Waals surface area contributed by atoms with Crippen LogP contribution < -0.4 is 11.3 Å². The molecule has 0 unspecified atom stereocenters. The van der Waals surface area contributed by atoms with Crippen LogP contribution in [0.3, 0.4) is 0 Å². The molecule has 3 rings (SSSR count). The summed E-state index contributed by atoms with van der Waals surface area (Å²) in [5, 5.41) is 0. The second-order valence-electron chi connectivity index (χ2n) is 4.48. The Morgan fingerprint density at radius 3 is 2.85 bits per heavy atom. The third-order valence-corrected chi connectivity index (χ3v) is 3.32. The number of nitrogens with zero attached hydrogens (tertiary/aromatic N) is 4. The second kappa shape index (κ2) is 6.21. The molecule has 0 aromatic carbocycles. The van der Waals surface area contributed by atoms with Gasteiger partial charge in [-0.25, -0.2) is 4.98 Å². The molecule has 1 aliphatic heterocycles. The molecule has 0 atom stereocenters. The van der Waals surface area contributed by atoms with E-state index in [1.165, 1.54) is 10.9 Å². The average molecular weight is 301 g/mol. The van der Waals surface area contributed by atoms with Gasteiger partial charge in [0.2, 0.25) is 5.95 Å². The molecule has 0 amide bonds. The number of aromatic amines is 1. The molecular weight excluding hydrogens is 284 g/mol. The number of hydrogen-bond donors (Lipinski definition) is 2. The summed E-state index contributed by atoms with van der Waals surface area (Å²) >= 11 is 0. The summed E-state index contributed by atoms with van der Waals surface area (Å²) in [5.74, 6) is 0.206. The lowest BCUT2D eigenvalue weighted by Gasteiger charge is -2.26. The Labute approximate surface area is 121 Å². The van der Waals surface area contributed by atoms with Gasteiger partial charge >= 0.3 is 0 Å². The molecule has 0 spiro atoms. The summed E-state index contributed by atoms with van der Waals surface area (Å²) < 4.78 is 6.77. The summed E-state index contributed by atoms with van der Waals surface area (Å²) in [6.45, 7) is 4.52. The fourth-order valence-corrected chi connectivity index (χ4v) is 2.22. The number of rotatable bonds is 3. The number of nitrogens with two attached hydrogens (primary N) is 1. The third kappa shape index (κ3) is 2.77. The van der Waals surface area contributed by atoms with E-state index in [4.69, 9.17) is 10.5 Å². The van der Waals surface area contributed by atoms with Crippen molar-refractivity contribution >= 4 is 29.5 Å². The van der Waals surface area contributed by atoms with Gasteiger partial charge in [0.1, 0.15) is 0 Å². The van der Waals surface area contributed by atoms with Crippen molar-refractivity contribution in [2.45, 2.75) is 6.54 Å². The lowest BCUT2D eigenvalue weighted by molar-refractivity contribution is 0.0363. The van der Waals surface area contributed by atoms with E-state index in [0.717, 1.165) is 32.8 Å². The van der Waals surface area contributed by atoms with Crippen molar-refractivity contribution in [2.24, 2.45) is 0 Å². The zero-order valence-electron chi connectivity index (χ0n) is 10.9. The number of anilines is 1. The molecule has 110 valence electrons. The van der Waals surface area contributed by atoms with E-state index in [-0.39, 0.29) is 23.9 Å². The topological polar surface area (TPSA) is 102 Å². The first-order valence-corrected chi connectivity index (χ1v) is 6.25. The molecule has 1 fully saturated rings. The summed E-state index contributed by atoms with van der Waals surface area (Å²) in [6, 6.07) is 0. The van der Waals surface area contributed by atoms with Gasteiger partial charge in [0, 0.05) is 26.2 Å².